The van der Waals surface area contributed by atoms with Crippen LogP contribution in [0.2, 0.25) is 0 Å². The highest BCUT2D eigenvalue weighted by molar-refractivity contribution is 6.09. The molecule has 0 saturated carbocycles. The quantitative estimate of drug-likeness (QED) is 0.473. The Bertz CT molecular complexity index is 1150. The number of carbonyl (C=O) groups excluding carboxylic acids is 3. The zero-order chi connectivity index (χ0) is 24.3. The van der Waals surface area contributed by atoms with Gasteiger partial charge in [-0.05, 0) is 61.6 Å². The molecule has 2 aromatic carbocycles. The van der Waals surface area contributed by atoms with Gasteiger partial charge in [0.1, 0.15) is 5.54 Å². The van der Waals surface area contributed by atoms with Gasteiger partial charge in [-0.3, -0.25) is 14.9 Å². The zero-order valence-electron chi connectivity index (χ0n) is 19.7. The van der Waals surface area contributed by atoms with Gasteiger partial charge in [0.15, 0.2) is 0 Å². The summed E-state index contributed by atoms with van der Waals surface area (Å²) in [5.74, 6) is 6.25. The molecule has 0 radical (unpaired) electrons. The van der Waals surface area contributed by atoms with Crippen molar-refractivity contribution in [2.75, 3.05) is 26.2 Å². The number of imide groups is 1. The summed E-state index contributed by atoms with van der Waals surface area (Å²) in [7, 11) is 0. The molecule has 7 nitrogen and oxygen atoms in total. The summed E-state index contributed by atoms with van der Waals surface area (Å²) in [6, 6.07) is 17.8. The van der Waals surface area contributed by atoms with Crippen molar-refractivity contribution < 1.29 is 14.4 Å². The van der Waals surface area contributed by atoms with Crippen molar-refractivity contribution in [3.8, 4) is 11.8 Å². The third-order valence-corrected chi connectivity index (χ3v) is 7.51. The van der Waals surface area contributed by atoms with Gasteiger partial charge in [0.25, 0.3) is 5.91 Å². The molecule has 4 amide bonds. The Kier molecular flexibility index (Phi) is 6.56. The highest BCUT2D eigenvalue weighted by atomic mass is 16.2. The number of hydrogen-bond acceptors (Lipinski definition) is 4. The van der Waals surface area contributed by atoms with Crippen molar-refractivity contribution in [2.45, 2.75) is 37.1 Å². The molecule has 3 aliphatic heterocycles. The van der Waals surface area contributed by atoms with Crippen molar-refractivity contribution in [1.29, 1.82) is 0 Å². The molecule has 2 aromatic rings. The lowest BCUT2D eigenvalue weighted by Crippen LogP contribution is -2.57. The van der Waals surface area contributed by atoms with E-state index >= 15 is 0 Å². The zero-order valence-corrected chi connectivity index (χ0v) is 19.7. The van der Waals surface area contributed by atoms with E-state index in [1.54, 1.807) is 0 Å². The maximum absolute atomic E-state index is 13.2. The highest BCUT2D eigenvalue weighted by Gasteiger charge is 2.54. The number of likely N-dealkylation sites (tertiary alicyclic amines) is 1. The van der Waals surface area contributed by atoms with E-state index in [0.29, 0.717) is 25.6 Å². The van der Waals surface area contributed by atoms with E-state index < -0.39 is 11.6 Å². The molecule has 3 N–H and O–H groups in total. The number of nitrogens with one attached hydrogen (secondary N) is 3. The van der Waals surface area contributed by atoms with Gasteiger partial charge in [0, 0.05) is 36.7 Å². The number of carbonyl (C=O) groups is 3. The van der Waals surface area contributed by atoms with E-state index in [0.717, 1.165) is 36.9 Å². The molecule has 35 heavy (non-hydrogen) atoms. The predicted molar refractivity (Wildman–Crippen MR) is 132 cm³/mol. The monoisotopic (exact) mass is 470 g/mol. The number of benzene rings is 2. The van der Waals surface area contributed by atoms with Crippen LogP contribution in [0.15, 0.2) is 54.6 Å². The SMILES string of the molecule is O=C1NC(=O)C(CC(=O)N2CCC(c3ccc(C#Cc4ccccc4)cc3)CC2)(C2CCNC2)N1. The van der Waals surface area contributed by atoms with Crippen LogP contribution in [0.5, 0.6) is 0 Å². The van der Waals surface area contributed by atoms with E-state index in [2.05, 4.69) is 52.1 Å². The fourth-order valence-corrected chi connectivity index (χ4v) is 5.45. The molecular weight excluding hydrogens is 440 g/mol. The lowest BCUT2D eigenvalue weighted by Gasteiger charge is -2.36. The Morgan fingerprint density at radius 3 is 2.23 bits per heavy atom. The maximum Gasteiger partial charge on any atom is 0.322 e. The minimum Gasteiger partial charge on any atom is -0.343 e. The van der Waals surface area contributed by atoms with Gasteiger partial charge in [-0.2, -0.15) is 0 Å². The fourth-order valence-electron chi connectivity index (χ4n) is 5.45. The molecule has 5 rings (SSSR count). The van der Waals surface area contributed by atoms with Gasteiger partial charge >= 0.3 is 6.03 Å². The first-order valence-corrected chi connectivity index (χ1v) is 12.3. The number of rotatable bonds is 4. The lowest BCUT2D eigenvalue weighted by atomic mass is 9.79. The Hall–Kier alpha value is -3.63. The standard InChI is InChI=1S/C28H30N4O3/c33-25(18-28(24-12-15-29-19-24)26(34)30-27(35)31-28)32-16-13-23(14-17-32)22-10-8-21(9-11-22)7-6-20-4-2-1-3-5-20/h1-5,8-11,23-24,29H,12-19H2,(H2,30,31,34,35). The van der Waals surface area contributed by atoms with Crippen LogP contribution in [-0.4, -0.2) is 54.5 Å². The minimum absolute atomic E-state index is 0.0103. The first-order chi connectivity index (χ1) is 17.0. The van der Waals surface area contributed by atoms with Crippen LogP contribution in [0.4, 0.5) is 4.79 Å². The van der Waals surface area contributed by atoms with Gasteiger partial charge in [-0.1, -0.05) is 42.2 Å². The Morgan fingerprint density at radius 2 is 1.63 bits per heavy atom. The Morgan fingerprint density at radius 1 is 0.943 bits per heavy atom. The van der Waals surface area contributed by atoms with Crippen LogP contribution in [0.1, 0.15) is 48.3 Å². The van der Waals surface area contributed by atoms with E-state index in [-0.39, 0.29) is 24.2 Å². The van der Waals surface area contributed by atoms with E-state index in [1.165, 1.54) is 5.56 Å². The van der Waals surface area contributed by atoms with Crippen molar-refractivity contribution >= 4 is 17.8 Å². The highest BCUT2D eigenvalue weighted by Crippen LogP contribution is 2.33. The topological polar surface area (TPSA) is 90.5 Å². The minimum atomic E-state index is -1.15. The molecule has 0 spiro atoms. The van der Waals surface area contributed by atoms with Crippen LogP contribution in [0.25, 0.3) is 0 Å². The second kappa shape index (κ2) is 9.93. The molecule has 0 aliphatic carbocycles. The van der Waals surface area contributed by atoms with Crippen LogP contribution < -0.4 is 16.0 Å². The normalized spacial score (nSPS) is 24.5. The second-order valence-electron chi connectivity index (χ2n) is 9.64. The largest absolute Gasteiger partial charge is 0.343 e. The van der Waals surface area contributed by atoms with E-state index in [1.807, 2.05) is 35.2 Å². The second-order valence-corrected chi connectivity index (χ2v) is 9.64. The number of nitrogens with zero attached hydrogens (tertiary/aromatic N) is 1. The summed E-state index contributed by atoms with van der Waals surface area (Å²) in [6.07, 6.45) is 2.51. The Balaban J connectivity index is 1.18. The molecule has 3 fully saturated rings. The van der Waals surface area contributed by atoms with Crippen molar-refractivity contribution in [3.05, 3.63) is 71.3 Å². The molecule has 2 unspecified atom stereocenters. The third-order valence-electron chi connectivity index (χ3n) is 7.51. The van der Waals surface area contributed by atoms with Crippen molar-refractivity contribution in [3.63, 3.8) is 0 Å². The molecule has 3 saturated heterocycles. The summed E-state index contributed by atoms with van der Waals surface area (Å²) < 4.78 is 0. The van der Waals surface area contributed by atoms with Crippen molar-refractivity contribution in [2.24, 2.45) is 5.92 Å². The maximum atomic E-state index is 13.2. The molecule has 3 aliphatic rings. The molecule has 180 valence electrons. The number of piperidine rings is 1. The first kappa shape index (κ1) is 23.1. The Labute approximate surface area is 205 Å². The van der Waals surface area contributed by atoms with Crippen LogP contribution in [0, 0.1) is 17.8 Å². The number of amides is 4. The number of hydrogen-bond donors (Lipinski definition) is 3. The summed E-state index contributed by atoms with van der Waals surface area (Å²) in [5.41, 5.74) is 2.09. The smallest absolute Gasteiger partial charge is 0.322 e. The molecule has 0 aromatic heterocycles. The average molecular weight is 471 g/mol. The van der Waals surface area contributed by atoms with Crippen LogP contribution in [0.3, 0.4) is 0 Å². The summed E-state index contributed by atoms with van der Waals surface area (Å²) in [4.78, 5) is 39.7. The van der Waals surface area contributed by atoms with E-state index in [4.69, 9.17) is 0 Å². The van der Waals surface area contributed by atoms with Crippen LogP contribution >= 0.6 is 0 Å². The average Bonchev–Trinajstić information content (AvgIpc) is 3.52. The summed E-state index contributed by atoms with van der Waals surface area (Å²) in [6.45, 7) is 2.70. The molecule has 7 heteroatoms. The number of urea groups is 1. The van der Waals surface area contributed by atoms with Gasteiger partial charge in [0.05, 0.1) is 6.42 Å². The third kappa shape index (κ3) is 4.94. The fraction of sp³-hybridized carbons (Fsp3) is 0.393. The van der Waals surface area contributed by atoms with Gasteiger partial charge < -0.3 is 15.5 Å². The molecular formula is C28H30N4O3. The van der Waals surface area contributed by atoms with E-state index in [9.17, 15) is 14.4 Å². The van der Waals surface area contributed by atoms with Gasteiger partial charge in [-0.15, -0.1) is 0 Å². The first-order valence-electron chi connectivity index (χ1n) is 12.3. The van der Waals surface area contributed by atoms with Crippen molar-refractivity contribution in [1.82, 2.24) is 20.9 Å². The summed E-state index contributed by atoms with van der Waals surface area (Å²) in [5, 5.41) is 8.38. The van der Waals surface area contributed by atoms with Gasteiger partial charge in [-0.25, -0.2) is 4.79 Å². The predicted octanol–water partition coefficient (Wildman–Crippen LogP) is 2.37. The van der Waals surface area contributed by atoms with Gasteiger partial charge in [0.2, 0.25) is 5.91 Å². The molecule has 3 heterocycles. The molecule has 0 bridgehead atoms. The summed E-state index contributed by atoms with van der Waals surface area (Å²) >= 11 is 0. The lowest BCUT2D eigenvalue weighted by molar-refractivity contribution is -0.138. The molecule has 2 atom stereocenters. The van der Waals surface area contributed by atoms with Crippen LogP contribution in [-0.2, 0) is 9.59 Å².